The van der Waals surface area contributed by atoms with Crippen LogP contribution in [0.1, 0.15) is 34.1 Å². The molecule has 1 aliphatic heterocycles. The number of benzene rings is 1. The molecule has 3 nitrogen and oxygen atoms in total. The lowest BCUT2D eigenvalue weighted by Crippen LogP contribution is -2.44. The second-order valence-electron chi connectivity index (χ2n) is 3.51. The first kappa shape index (κ1) is 16.6. The molecule has 0 radical (unpaired) electrons. The van der Waals surface area contributed by atoms with Gasteiger partial charge in [0.25, 0.3) is 0 Å². The van der Waals surface area contributed by atoms with Crippen molar-refractivity contribution in [1.29, 1.82) is 0 Å². The summed E-state index contributed by atoms with van der Waals surface area (Å²) < 4.78 is 0. The van der Waals surface area contributed by atoms with Gasteiger partial charge in [0.15, 0.2) is 5.78 Å². The minimum atomic E-state index is -0.816. The molecule has 1 aliphatic rings. The van der Waals surface area contributed by atoms with Crippen LogP contribution in [0.25, 0.3) is 0 Å². The van der Waals surface area contributed by atoms with Crippen molar-refractivity contribution >= 4 is 11.5 Å². The number of carbonyl (C=O) groups is 1. The molecule has 1 aromatic rings. The Morgan fingerprint density at radius 1 is 1.11 bits per heavy atom. The third kappa shape index (κ3) is 4.88. The van der Waals surface area contributed by atoms with Crippen LogP contribution >= 0.6 is 0 Å². The molecule has 3 heteroatoms. The highest BCUT2D eigenvalue weighted by Gasteiger charge is 2.24. The molecule has 0 aliphatic carbocycles. The quantitative estimate of drug-likeness (QED) is 0.834. The van der Waals surface area contributed by atoms with Gasteiger partial charge in [-0.15, -0.1) is 0 Å². The van der Waals surface area contributed by atoms with Crippen LogP contribution in [-0.2, 0) is 4.79 Å². The van der Waals surface area contributed by atoms with E-state index >= 15 is 0 Å². The van der Waals surface area contributed by atoms with Gasteiger partial charge < -0.3 is 10.0 Å². The summed E-state index contributed by atoms with van der Waals surface area (Å²) in [7, 11) is 0. The summed E-state index contributed by atoms with van der Waals surface area (Å²) in [4.78, 5) is 13.1. The Bertz CT molecular complexity index is 325. The predicted octanol–water partition coefficient (Wildman–Crippen LogP) is 2.88. The number of anilines is 1. The maximum Gasteiger partial charge on any atom is 0.164 e. The topological polar surface area (TPSA) is 40.5 Å². The third-order valence-electron chi connectivity index (χ3n) is 2.51. The Balaban J connectivity index is 0.000000659. The molecule has 102 valence electrons. The maximum absolute atomic E-state index is 11.1. The van der Waals surface area contributed by atoms with Crippen molar-refractivity contribution < 1.29 is 9.90 Å². The van der Waals surface area contributed by atoms with Crippen LogP contribution in [0.3, 0.4) is 0 Å². The van der Waals surface area contributed by atoms with E-state index in [1.165, 1.54) is 0 Å². The largest absolute Gasteiger partial charge is 0.383 e. The Morgan fingerprint density at radius 2 is 1.67 bits per heavy atom. The molecule has 0 amide bonds. The van der Waals surface area contributed by atoms with Gasteiger partial charge in [0.1, 0.15) is 6.10 Å². The minimum absolute atomic E-state index is 0.0443. The standard InChI is InChI=1S/C11H13NO2.2C2H6/c13-10-6-7-12(8-11(10)14)9-4-2-1-3-5-9;2*1-2/h1-5,11,14H,6-8H2;2*1-2H3/t11-;;/m1../s1. The summed E-state index contributed by atoms with van der Waals surface area (Å²) in [6, 6.07) is 9.84. The molecule has 1 heterocycles. The summed E-state index contributed by atoms with van der Waals surface area (Å²) in [6.07, 6.45) is -0.375. The number of hydrogen-bond acceptors (Lipinski definition) is 3. The summed E-state index contributed by atoms with van der Waals surface area (Å²) in [5, 5.41) is 9.42. The molecular weight excluding hydrogens is 226 g/mol. The zero-order valence-corrected chi connectivity index (χ0v) is 11.9. The number of Topliss-reactive ketones (excluding diaryl/α,β-unsaturated/α-hetero) is 1. The van der Waals surface area contributed by atoms with Crippen molar-refractivity contribution in [2.24, 2.45) is 0 Å². The molecular formula is C15H25NO2. The van der Waals surface area contributed by atoms with Gasteiger partial charge in [-0.05, 0) is 12.1 Å². The lowest BCUT2D eigenvalue weighted by Gasteiger charge is -2.30. The van der Waals surface area contributed by atoms with Crippen molar-refractivity contribution in [2.45, 2.75) is 40.2 Å². The van der Waals surface area contributed by atoms with E-state index in [-0.39, 0.29) is 5.78 Å². The molecule has 0 aromatic heterocycles. The average Bonchev–Trinajstić information content (AvgIpc) is 2.47. The molecule has 0 unspecified atom stereocenters. The molecule has 1 saturated heterocycles. The number of aliphatic hydroxyl groups is 1. The van der Waals surface area contributed by atoms with E-state index in [2.05, 4.69) is 0 Å². The Hall–Kier alpha value is -1.35. The van der Waals surface area contributed by atoms with Gasteiger partial charge in [0, 0.05) is 18.7 Å². The van der Waals surface area contributed by atoms with Crippen LogP contribution in [0, 0.1) is 0 Å². The Labute approximate surface area is 110 Å². The average molecular weight is 251 g/mol. The highest BCUT2D eigenvalue weighted by Crippen LogP contribution is 2.17. The van der Waals surface area contributed by atoms with Gasteiger partial charge >= 0.3 is 0 Å². The Morgan fingerprint density at radius 3 is 2.17 bits per heavy atom. The fourth-order valence-electron chi connectivity index (χ4n) is 1.69. The number of β-amino-alcohol motifs (C(OH)–C–C–N with tert-alkyl or cyclic N) is 1. The number of carbonyl (C=O) groups excluding carboxylic acids is 1. The molecule has 0 spiro atoms. The van der Waals surface area contributed by atoms with Gasteiger partial charge in [-0.3, -0.25) is 4.79 Å². The molecule has 1 atom stereocenters. The lowest BCUT2D eigenvalue weighted by atomic mass is 10.1. The first-order valence-corrected chi connectivity index (χ1v) is 6.78. The highest BCUT2D eigenvalue weighted by atomic mass is 16.3. The van der Waals surface area contributed by atoms with Crippen LogP contribution in [0.5, 0.6) is 0 Å². The van der Waals surface area contributed by atoms with Crippen LogP contribution in [0.15, 0.2) is 30.3 Å². The highest BCUT2D eigenvalue weighted by molar-refractivity contribution is 5.85. The summed E-state index contributed by atoms with van der Waals surface area (Å²) in [5.41, 5.74) is 1.07. The normalized spacial score (nSPS) is 18.2. The first-order chi connectivity index (χ1) is 8.77. The summed E-state index contributed by atoms with van der Waals surface area (Å²) in [5.74, 6) is -0.0443. The number of para-hydroxylation sites is 1. The zero-order chi connectivity index (χ0) is 14.0. The second-order valence-corrected chi connectivity index (χ2v) is 3.51. The number of aliphatic hydroxyl groups excluding tert-OH is 1. The fraction of sp³-hybridized carbons (Fsp3) is 0.533. The van der Waals surface area contributed by atoms with Crippen LogP contribution < -0.4 is 4.90 Å². The van der Waals surface area contributed by atoms with Gasteiger partial charge in [0.2, 0.25) is 0 Å². The summed E-state index contributed by atoms with van der Waals surface area (Å²) in [6.45, 7) is 9.13. The van der Waals surface area contributed by atoms with Crippen molar-refractivity contribution in [1.82, 2.24) is 0 Å². The monoisotopic (exact) mass is 251 g/mol. The van der Waals surface area contributed by atoms with Gasteiger partial charge in [0.05, 0.1) is 6.54 Å². The van der Waals surface area contributed by atoms with Crippen molar-refractivity contribution in [3.63, 3.8) is 0 Å². The molecule has 0 bridgehead atoms. The van der Waals surface area contributed by atoms with E-state index in [4.69, 9.17) is 0 Å². The minimum Gasteiger partial charge on any atom is -0.383 e. The van der Waals surface area contributed by atoms with E-state index < -0.39 is 6.10 Å². The Kier molecular flexibility index (Phi) is 8.93. The van der Waals surface area contributed by atoms with Crippen LogP contribution in [0.4, 0.5) is 5.69 Å². The number of nitrogens with zero attached hydrogens (tertiary/aromatic N) is 1. The maximum atomic E-state index is 11.1. The SMILES string of the molecule is CC.CC.O=C1CCN(c2ccccc2)C[C@H]1O. The van der Waals surface area contributed by atoms with Gasteiger partial charge in [-0.2, -0.15) is 0 Å². The number of ketones is 1. The molecule has 2 rings (SSSR count). The van der Waals surface area contributed by atoms with Crippen LogP contribution in [0.2, 0.25) is 0 Å². The first-order valence-electron chi connectivity index (χ1n) is 6.78. The predicted molar refractivity (Wildman–Crippen MR) is 77.0 cm³/mol. The van der Waals surface area contributed by atoms with Crippen molar-refractivity contribution in [2.75, 3.05) is 18.0 Å². The number of rotatable bonds is 1. The van der Waals surface area contributed by atoms with E-state index in [0.29, 0.717) is 19.5 Å². The van der Waals surface area contributed by atoms with Gasteiger partial charge in [-0.1, -0.05) is 45.9 Å². The van der Waals surface area contributed by atoms with E-state index in [9.17, 15) is 9.90 Å². The van der Waals surface area contributed by atoms with E-state index in [1.54, 1.807) is 0 Å². The van der Waals surface area contributed by atoms with Crippen LogP contribution in [-0.4, -0.2) is 30.1 Å². The van der Waals surface area contributed by atoms with Crippen molar-refractivity contribution in [3.05, 3.63) is 30.3 Å². The van der Waals surface area contributed by atoms with Crippen molar-refractivity contribution in [3.8, 4) is 0 Å². The zero-order valence-electron chi connectivity index (χ0n) is 11.9. The third-order valence-corrected chi connectivity index (χ3v) is 2.51. The fourth-order valence-corrected chi connectivity index (χ4v) is 1.69. The van der Waals surface area contributed by atoms with Gasteiger partial charge in [-0.25, -0.2) is 0 Å². The number of piperidine rings is 1. The molecule has 1 N–H and O–H groups in total. The molecule has 18 heavy (non-hydrogen) atoms. The molecule has 1 fully saturated rings. The van der Waals surface area contributed by atoms with E-state index in [1.807, 2.05) is 62.9 Å². The lowest BCUT2D eigenvalue weighted by molar-refractivity contribution is -0.127. The van der Waals surface area contributed by atoms with E-state index in [0.717, 1.165) is 5.69 Å². The number of hydrogen-bond donors (Lipinski definition) is 1. The molecule has 1 aromatic carbocycles. The second kappa shape index (κ2) is 9.66. The summed E-state index contributed by atoms with van der Waals surface area (Å²) >= 11 is 0. The smallest absolute Gasteiger partial charge is 0.164 e. The molecule has 0 saturated carbocycles.